The van der Waals surface area contributed by atoms with E-state index in [0.717, 1.165) is 19.3 Å². The van der Waals surface area contributed by atoms with Crippen molar-refractivity contribution in [1.82, 2.24) is 0 Å². The molecule has 3 nitrogen and oxygen atoms in total. The highest BCUT2D eigenvalue weighted by Crippen LogP contribution is 2.15. The molecule has 0 unspecified atom stereocenters. The SMILES string of the molecule is N#CCC/C=C/C(CCC#N)CCC#N. The Labute approximate surface area is 91.2 Å². The Morgan fingerprint density at radius 3 is 1.87 bits per heavy atom. The van der Waals surface area contributed by atoms with Crippen molar-refractivity contribution in [3.05, 3.63) is 12.2 Å². The van der Waals surface area contributed by atoms with Crippen molar-refractivity contribution in [2.45, 2.75) is 38.5 Å². The van der Waals surface area contributed by atoms with Gasteiger partial charge in [-0.05, 0) is 25.2 Å². The number of allylic oxidation sites excluding steroid dienone is 2. The Morgan fingerprint density at radius 1 is 0.867 bits per heavy atom. The van der Waals surface area contributed by atoms with E-state index < -0.39 is 0 Å². The lowest BCUT2D eigenvalue weighted by molar-refractivity contribution is 0.559. The van der Waals surface area contributed by atoms with Gasteiger partial charge in [-0.1, -0.05) is 12.2 Å². The second-order valence-corrected chi connectivity index (χ2v) is 3.28. The first-order chi connectivity index (χ1) is 7.35. The summed E-state index contributed by atoms with van der Waals surface area (Å²) in [5, 5.41) is 25.3. The first kappa shape index (κ1) is 13.2. The van der Waals surface area contributed by atoms with E-state index in [1.807, 2.05) is 12.2 Å². The van der Waals surface area contributed by atoms with Crippen LogP contribution in [0.4, 0.5) is 0 Å². The van der Waals surface area contributed by atoms with E-state index in [1.54, 1.807) is 0 Å². The Kier molecular flexibility index (Phi) is 9.06. The van der Waals surface area contributed by atoms with Crippen LogP contribution >= 0.6 is 0 Å². The monoisotopic (exact) mass is 201 g/mol. The molecule has 0 fully saturated rings. The van der Waals surface area contributed by atoms with E-state index in [-0.39, 0.29) is 0 Å². The molecule has 0 aromatic heterocycles. The third kappa shape index (κ3) is 8.54. The van der Waals surface area contributed by atoms with E-state index in [2.05, 4.69) is 18.2 Å². The highest BCUT2D eigenvalue weighted by molar-refractivity contribution is 4.92. The summed E-state index contributed by atoms with van der Waals surface area (Å²) in [5.41, 5.74) is 0. The topological polar surface area (TPSA) is 71.4 Å². The molecule has 0 aromatic rings. The van der Waals surface area contributed by atoms with Crippen molar-refractivity contribution in [2.24, 2.45) is 5.92 Å². The second-order valence-electron chi connectivity index (χ2n) is 3.28. The molecule has 0 saturated heterocycles. The molecule has 0 bridgehead atoms. The predicted octanol–water partition coefficient (Wildman–Crippen LogP) is 3.07. The van der Waals surface area contributed by atoms with Gasteiger partial charge in [-0.25, -0.2) is 0 Å². The van der Waals surface area contributed by atoms with Gasteiger partial charge in [0, 0.05) is 19.3 Å². The fraction of sp³-hybridized carbons (Fsp3) is 0.583. The minimum Gasteiger partial charge on any atom is -0.198 e. The first-order valence-electron chi connectivity index (χ1n) is 5.12. The molecule has 15 heavy (non-hydrogen) atoms. The van der Waals surface area contributed by atoms with Crippen LogP contribution in [0.5, 0.6) is 0 Å². The third-order valence-corrected chi connectivity index (χ3v) is 2.08. The zero-order valence-electron chi connectivity index (χ0n) is 8.82. The zero-order chi connectivity index (χ0) is 11.4. The van der Waals surface area contributed by atoms with Crippen LogP contribution in [-0.2, 0) is 0 Å². The van der Waals surface area contributed by atoms with Crippen LogP contribution in [0.25, 0.3) is 0 Å². The lowest BCUT2D eigenvalue weighted by Crippen LogP contribution is -1.95. The predicted molar refractivity (Wildman–Crippen MR) is 57.2 cm³/mol. The maximum Gasteiger partial charge on any atom is 0.0624 e. The van der Waals surface area contributed by atoms with Crippen LogP contribution in [0.15, 0.2) is 12.2 Å². The summed E-state index contributed by atoms with van der Waals surface area (Å²) in [6.45, 7) is 0. The molecule has 0 aliphatic rings. The molecule has 0 heterocycles. The molecule has 0 aromatic carbocycles. The van der Waals surface area contributed by atoms with Crippen molar-refractivity contribution >= 4 is 0 Å². The minimum absolute atomic E-state index is 0.308. The van der Waals surface area contributed by atoms with Gasteiger partial charge in [-0.3, -0.25) is 0 Å². The van der Waals surface area contributed by atoms with Gasteiger partial charge in [0.25, 0.3) is 0 Å². The van der Waals surface area contributed by atoms with Crippen molar-refractivity contribution in [1.29, 1.82) is 15.8 Å². The quantitative estimate of drug-likeness (QED) is 0.469. The summed E-state index contributed by atoms with van der Waals surface area (Å²) in [6.07, 6.45) is 7.96. The Hall–Kier alpha value is -1.79. The molecule has 78 valence electrons. The highest BCUT2D eigenvalue weighted by Gasteiger charge is 2.03. The smallest absolute Gasteiger partial charge is 0.0624 e. The lowest BCUT2D eigenvalue weighted by Gasteiger charge is -2.07. The number of nitrogens with zero attached hydrogens (tertiary/aromatic N) is 3. The zero-order valence-corrected chi connectivity index (χ0v) is 8.82. The maximum atomic E-state index is 8.47. The van der Waals surface area contributed by atoms with E-state index >= 15 is 0 Å². The second kappa shape index (κ2) is 10.3. The number of nitriles is 3. The summed E-state index contributed by atoms with van der Waals surface area (Å²) in [5.74, 6) is 0.308. The van der Waals surface area contributed by atoms with Crippen molar-refractivity contribution in [3.8, 4) is 18.2 Å². The van der Waals surface area contributed by atoms with Crippen LogP contribution in [0.1, 0.15) is 38.5 Å². The largest absolute Gasteiger partial charge is 0.198 e. The van der Waals surface area contributed by atoms with Crippen molar-refractivity contribution in [3.63, 3.8) is 0 Å². The number of rotatable bonds is 7. The summed E-state index contributed by atoms with van der Waals surface area (Å²) >= 11 is 0. The molecule has 0 rings (SSSR count). The van der Waals surface area contributed by atoms with E-state index in [0.29, 0.717) is 25.2 Å². The van der Waals surface area contributed by atoms with Gasteiger partial charge in [-0.2, -0.15) is 15.8 Å². The summed E-state index contributed by atoms with van der Waals surface area (Å²) in [4.78, 5) is 0. The van der Waals surface area contributed by atoms with Gasteiger partial charge in [0.05, 0.1) is 18.2 Å². The molecule has 0 amide bonds. The lowest BCUT2D eigenvalue weighted by atomic mass is 9.97. The Balaban J connectivity index is 3.90. The molecule has 0 aliphatic heterocycles. The Bertz CT molecular complexity index is 280. The maximum absolute atomic E-state index is 8.47. The van der Waals surface area contributed by atoms with Gasteiger partial charge in [0.2, 0.25) is 0 Å². The Morgan fingerprint density at radius 2 is 1.40 bits per heavy atom. The summed E-state index contributed by atoms with van der Waals surface area (Å²) < 4.78 is 0. The average molecular weight is 201 g/mol. The molecule has 3 heteroatoms. The van der Waals surface area contributed by atoms with Gasteiger partial charge < -0.3 is 0 Å². The molecule has 0 saturated carbocycles. The van der Waals surface area contributed by atoms with Gasteiger partial charge in [0.15, 0.2) is 0 Å². The number of hydrogen-bond donors (Lipinski definition) is 0. The third-order valence-electron chi connectivity index (χ3n) is 2.08. The molecule has 0 radical (unpaired) electrons. The average Bonchev–Trinajstić information content (AvgIpc) is 2.27. The molecule has 0 atom stereocenters. The standard InChI is InChI=1S/C12H15N3/c13-9-3-1-2-6-12(7-4-10-14)8-5-11-15/h2,6,12H,1,3-5,7-8H2/b6-2+. The van der Waals surface area contributed by atoms with E-state index in [1.165, 1.54) is 0 Å². The van der Waals surface area contributed by atoms with Crippen LogP contribution in [0.3, 0.4) is 0 Å². The number of unbranched alkanes of at least 4 members (excludes halogenated alkanes) is 1. The fourth-order valence-corrected chi connectivity index (χ4v) is 1.27. The minimum atomic E-state index is 0.308. The molecule has 0 aliphatic carbocycles. The van der Waals surface area contributed by atoms with Crippen LogP contribution in [0, 0.1) is 39.9 Å². The molecular formula is C12H15N3. The van der Waals surface area contributed by atoms with Crippen LogP contribution < -0.4 is 0 Å². The fourth-order valence-electron chi connectivity index (χ4n) is 1.27. The van der Waals surface area contributed by atoms with Crippen LogP contribution in [-0.4, -0.2) is 0 Å². The van der Waals surface area contributed by atoms with Crippen molar-refractivity contribution in [2.75, 3.05) is 0 Å². The molecule has 0 N–H and O–H groups in total. The summed E-state index contributed by atoms with van der Waals surface area (Å²) in [6, 6.07) is 6.29. The molecular weight excluding hydrogens is 186 g/mol. The van der Waals surface area contributed by atoms with Gasteiger partial charge in [0.1, 0.15) is 0 Å². The first-order valence-corrected chi connectivity index (χ1v) is 5.12. The highest BCUT2D eigenvalue weighted by atomic mass is 14.2. The normalized spacial score (nSPS) is 9.73. The van der Waals surface area contributed by atoms with E-state index in [4.69, 9.17) is 15.8 Å². The summed E-state index contributed by atoms with van der Waals surface area (Å²) in [7, 11) is 0. The van der Waals surface area contributed by atoms with Crippen molar-refractivity contribution < 1.29 is 0 Å². The van der Waals surface area contributed by atoms with Gasteiger partial charge in [-0.15, -0.1) is 0 Å². The molecule has 0 spiro atoms. The van der Waals surface area contributed by atoms with Crippen LogP contribution in [0.2, 0.25) is 0 Å². The van der Waals surface area contributed by atoms with E-state index in [9.17, 15) is 0 Å². The van der Waals surface area contributed by atoms with Gasteiger partial charge >= 0.3 is 0 Å². The number of hydrogen-bond acceptors (Lipinski definition) is 3.